The summed E-state index contributed by atoms with van der Waals surface area (Å²) in [6.45, 7) is 0.645. The molecule has 0 radical (unpaired) electrons. The quantitative estimate of drug-likeness (QED) is 0.440. The lowest BCUT2D eigenvalue weighted by Gasteiger charge is -2.32. The third kappa shape index (κ3) is 3.65. The van der Waals surface area contributed by atoms with Crippen LogP contribution in [-0.4, -0.2) is 47.3 Å². The van der Waals surface area contributed by atoms with Crippen molar-refractivity contribution >= 4 is 23.0 Å². The molecule has 176 valence electrons. The van der Waals surface area contributed by atoms with Gasteiger partial charge in [-0.2, -0.15) is 5.10 Å². The molecule has 2 atom stereocenters. The molecule has 6 rings (SSSR count). The molecule has 0 aliphatic carbocycles. The first-order valence-corrected chi connectivity index (χ1v) is 11.7. The van der Waals surface area contributed by atoms with E-state index < -0.39 is 0 Å². The van der Waals surface area contributed by atoms with Gasteiger partial charge in [0.2, 0.25) is 0 Å². The van der Waals surface area contributed by atoms with Crippen LogP contribution in [0.15, 0.2) is 77.9 Å². The molecule has 1 unspecified atom stereocenters. The number of methoxy groups -OCH3 is 2. The molecule has 2 aliphatic rings. The molecule has 35 heavy (non-hydrogen) atoms. The van der Waals surface area contributed by atoms with Gasteiger partial charge in [0.15, 0.2) is 0 Å². The van der Waals surface area contributed by atoms with E-state index in [1.807, 2.05) is 60.7 Å². The number of hydrogen-bond acceptors (Lipinski definition) is 5. The Balaban J connectivity index is 1.39. The van der Waals surface area contributed by atoms with E-state index in [-0.39, 0.29) is 18.1 Å². The van der Waals surface area contributed by atoms with Gasteiger partial charge in [-0.1, -0.05) is 30.3 Å². The van der Waals surface area contributed by atoms with Crippen molar-refractivity contribution in [2.45, 2.75) is 25.2 Å². The highest BCUT2D eigenvalue weighted by molar-refractivity contribution is 5.90. The number of hydrogen-bond donors (Lipinski definition) is 1. The molecule has 1 saturated heterocycles. The Morgan fingerprint density at radius 3 is 2.34 bits per heavy atom. The maximum Gasteiger partial charge on any atom is 0.262 e. The van der Waals surface area contributed by atoms with Crippen LogP contribution in [0.25, 0.3) is 10.9 Å². The first-order valence-electron chi connectivity index (χ1n) is 11.7. The smallest absolute Gasteiger partial charge is 0.262 e. The summed E-state index contributed by atoms with van der Waals surface area (Å²) in [6.07, 6.45) is 2.08. The van der Waals surface area contributed by atoms with Crippen molar-refractivity contribution in [1.29, 1.82) is 0 Å². The predicted molar refractivity (Wildman–Crippen MR) is 135 cm³/mol. The first kappa shape index (κ1) is 21.4. The fraction of sp³-hybridized carbons (Fsp3) is 0.214. The minimum atomic E-state index is -0.313. The average molecular weight is 467 g/mol. The topological polar surface area (TPSA) is 70.2 Å². The van der Waals surface area contributed by atoms with Gasteiger partial charge in [0.1, 0.15) is 17.7 Å². The lowest BCUT2D eigenvalue weighted by atomic mass is 9.97. The fourth-order valence-corrected chi connectivity index (χ4v) is 5.17. The second-order valence-corrected chi connectivity index (χ2v) is 8.87. The van der Waals surface area contributed by atoms with Crippen molar-refractivity contribution in [3.8, 4) is 11.5 Å². The number of aromatic nitrogens is 1. The molecule has 0 bridgehead atoms. The molecule has 0 saturated carbocycles. The zero-order valence-corrected chi connectivity index (χ0v) is 19.6. The first-order chi connectivity index (χ1) is 17.2. The van der Waals surface area contributed by atoms with E-state index in [9.17, 15) is 4.79 Å². The number of para-hydroxylation sites is 1. The molecule has 2 aliphatic heterocycles. The van der Waals surface area contributed by atoms with Gasteiger partial charge in [0.25, 0.3) is 5.91 Å². The highest BCUT2D eigenvalue weighted by Crippen LogP contribution is 2.42. The summed E-state index contributed by atoms with van der Waals surface area (Å²) in [5.41, 5.74) is 5.39. The molecular weight excluding hydrogens is 440 g/mol. The predicted octanol–water partition coefficient (Wildman–Crippen LogP) is 4.49. The maximum absolute atomic E-state index is 13.8. The number of benzene rings is 3. The number of amides is 1. The summed E-state index contributed by atoms with van der Waals surface area (Å²) in [4.78, 5) is 19.6. The molecule has 1 N–H and O–H groups in total. The third-order valence-electron chi connectivity index (χ3n) is 6.96. The summed E-state index contributed by atoms with van der Waals surface area (Å²) in [7, 11) is 3.29. The van der Waals surface area contributed by atoms with Crippen LogP contribution in [0.4, 0.5) is 0 Å². The largest absolute Gasteiger partial charge is 0.497 e. The lowest BCUT2D eigenvalue weighted by molar-refractivity contribution is -0.130. The molecule has 7 heteroatoms. The van der Waals surface area contributed by atoms with Crippen LogP contribution >= 0.6 is 0 Å². The highest BCUT2D eigenvalue weighted by atomic mass is 16.5. The highest BCUT2D eigenvalue weighted by Gasteiger charge is 2.49. The maximum atomic E-state index is 13.8. The summed E-state index contributed by atoms with van der Waals surface area (Å²) < 4.78 is 10.6. The number of nitrogens with one attached hydrogen (secondary N) is 1. The van der Waals surface area contributed by atoms with Crippen molar-refractivity contribution in [2.24, 2.45) is 5.10 Å². The van der Waals surface area contributed by atoms with E-state index in [2.05, 4.69) is 22.0 Å². The second kappa shape index (κ2) is 8.60. The number of carbonyl (C=O) groups is 1. The van der Waals surface area contributed by atoms with Gasteiger partial charge in [-0.3, -0.25) is 9.69 Å². The normalized spacial score (nSPS) is 19.8. The molecule has 1 amide bonds. The molecule has 3 aromatic carbocycles. The van der Waals surface area contributed by atoms with E-state index in [4.69, 9.17) is 14.6 Å². The van der Waals surface area contributed by atoms with Crippen LogP contribution in [-0.2, 0) is 17.8 Å². The van der Waals surface area contributed by atoms with E-state index in [1.54, 1.807) is 25.4 Å². The van der Waals surface area contributed by atoms with Crippen molar-refractivity contribution in [3.05, 3.63) is 95.2 Å². The van der Waals surface area contributed by atoms with E-state index in [0.29, 0.717) is 13.0 Å². The number of hydrazone groups is 1. The third-order valence-corrected chi connectivity index (χ3v) is 6.96. The molecule has 0 spiro atoms. The van der Waals surface area contributed by atoms with Gasteiger partial charge in [-0.25, -0.2) is 5.01 Å². The summed E-state index contributed by atoms with van der Waals surface area (Å²) in [6, 6.07) is 23.5. The van der Waals surface area contributed by atoms with Gasteiger partial charge >= 0.3 is 0 Å². The fourth-order valence-electron chi connectivity index (χ4n) is 5.17. The van der Waals surface area contributed by atoms with E-state index in [0.717, 1.165) is 33.8 Å². The number of H-pyrrole nitrogens is 1. The molecule has 1 fully saturated rings. The number of ether oxygens (including phenoxy) is 2. The standard InChI is InChI=1S/C28H26N4O3/c1-34-20-11-7-18(8-12-20)16-29-32-27(19-9-13-21(35-2)14-10-19)31-17-25-23(15-26(31)28(32)33)22-5-3-4-6-24(22)30-25/h3-14,16,26-27,30H,15,17H2,1-2H3/t26-,27?/m1/s1. The molecule has 7 nitrogen and oxygen atoms in total. The number of rotatable bonds is 5. The number of nitrogens with zero attached hydrogens (tertiary/aromatic N) is 3. The Morgan fingerprint density at radius 2 is 1.63 bits per heavy atom. The summed E-state index contributed by atoms with van der Waals surface area (Å²) >= 11 is 0. The molecule has 1 aromatic heterocycles. The van der Waals surface area contributed by atoms with Gasteiger partial charge in [-0.05, 0) is 65.6 Å². The van der Waals surface area contributed by atoms with E-state index >= 15 is 0 Å². The molecular formula is C28H26N4O3. The van der Waals surface area contributed by atoms with Crippen LogP contribution < -0.4 is 9.47 Å². The Hall–Kier alpha value is -4.10. The summed E-state index contributed by atoms with van der Waals surface area (Å²) in [5, 5.41) is 7.52. The van der Waals surface area contributed by atoms with Crippen molar-refractivity contribution in [1.82, 2.24) is 14.9 Å². The number of aromatic amines is 1. The molecule has 3 heterocycles. The van der Waals surface area contributed by atoms with Gasteiger partial charge in [0.05, 0.1) is 26.5 Å². The minimum Gasteiger partial charge on any atom is -0.497 e. The number of fused-ring (bicyclic) bond motifs is 4. The second-order valence-electron chi connectivity index (χ2n) is 8.87. The average Bonchev–Trinajstić information content (AvgIpc) is 3.40. The monoisotopic (exact) mass is 466 g/mol. The zero-order valence-electron chi connectivity index (χ0n) is 19.6. The van der Waals surface area contributed by atoms with Crippen molar-refractivity contribution in [3.63, 3.8) is 0 Å². The van der Waals surface area contributed by atoms with Crippen LogP contribution in [0, 0.1) is 0 Å². The molecule has 4 aromatic rings. The Bertz CT molecular complexity index is 1410. The SMILES string of the molecule is COc1ccc(C=NN2C(=O)[C@H]3Cc4c([nH]c5ccccc45)CN3C2c2ccc(OC)cc2)cc1. The van der Waals surface area contributed by atoms with Crippen LogP contribution in [0.5, 0.6) is 11.5 Å². The van der Waals surface area contributed by atoms with Gasteiger partial charge in [-0.15, -0.1) is 0 Å². The summed E-state index contributed by atoms with van der Waals surface area (Å²) in [5.74, 6) is 1.56. The lowest BCUT2D eigenvalue weighted by Crippen LogP contribution is -2.39. The van der Waals surface area contributed by atoms with Crippen LogP contribution in [0.3, 0.4) is 0 Å². The van der Waals surface area contributed by atoms with Crippen LogP contribution in [0.2, 0.25) is 0 Å². The van der Waals surface area contributed by atoms with Crippen molar-refractivity contribution in [2.75, 3.05) is 14.2 Å². The zero-order chi connectivity index (χ0) is 23.9. The Kier molecular flexibility index (Phi) is 5.26. The van der Waals surface area contributed by atoms with Crippen molar-refractivity contribution < 1.29 is 14.3 Å². The Morgan fingerprint density at radius 1 is 0.943 bits per heavy atom. The number of carbonyl (C=O) groups excluding carboxylic acids is 1. The Labute approximate surface area is 203 Å². The van der Waals surface area contributed by atoms with Gasteiger partial charge < -0.3 is 14.5 Å². The van der Waals surface area contributed by atoms with Crippen LogP contribution in [0.1, 0.15) is 28.6 Å². The van der Waals surface area contributed by atoms with E-state index in [1.165, 1.54) is 10.9 Å². The minimum absolute atomic E-state index is 0.00603. The van der Waals surface area contributed by atoms with Gasteiger partial charge in [0, 0.05) is 23.1 Å².